The summed E-state index contributed by atoms with van der Waals surface area (Å²) >= 11 is 1.04. The van der Waals surface area contributed by atoms with Gasteiger partial charge in [-0.2, -0.15) is 0 Å². The molecule has 0 bridgehead atoms. The van der Waals surface area contributed by atoms with Crippen LogP contribution in [0.4, 0.5) is 0 Å². The number of aromatic carboxylic acids is 1. The van der Waals surface area contributed by atoms with Crippen LogP contribution >= 0.6 is 11.3 Å². The lowest BCUT2D eigenvalue weighted by Crippen LogP contribution is -2.24. The van der Waals surface area contributed by atoms with E-state index >= 15 is 0 Å². The fraction of sp³-hybridized carbons (Fsp3) is 0.500. The van der Waals surface area contributed by atoms with E-state index in [4.69, 9.17) is 5.11 Å². The second kappa shape index (κ2) is 5.95. The molecule has 4 N–H and O–H groups in total. The van der Waals surface area contributed by atoms with Gasteiger partial charge in [0.1, 0.15) is 11.0 Å². The van der Waals surface area contributed by atoms with Gasteiger partial charge in [0.15, 0.2) is 0 Å². The van der Waals surface area contributed by atoms with E-state index in [-0.39, 0.29) is 10.4 Å². The number of carboxylic acid groups (broad SMARTS) is 1. The van der Waals surface area contributed by atoms with Crippen molar-refractivity contribution in [3.63, 3.8) is 0 Å². The van der Waals surface area contributed by atoms with Gasteiger partial charge in [-0.05, 0) is 31.5 Å². The number of carbonyl (C=O) groups is 1. The average Bonchev–Trinajstić information content (AvgIpc) is 2.73. The highest BCUT2D eigenvalue weighted by Crippen LogP contribution is 2.26. The Morgan fingerprint density at radius 3 is 2.81 bits per heavy atom. The minimum Gasteiger partial charge on any atom is -0.477 e. The predicted octanol–water partition coefficient (Wildman–Crippen LogP) is 0.450. The van der Waals surface area contributed by atoms with Crippen molar-refractivity contribution in [1.29, 1.82) is 0 Å². The van der Waals surface area contributed by atoms with Gasteiger partial charge in [0.2, 0.25) is 0 Å². The van der Waals surface area contributed by atoms with Crippen molar-refractivity contribution in [1.82, 2.24) is 5.32 Å². The Kier molecular flexibility index (Phi) is 4.88. The summed E-state index contributed by atoms with van der Waals surface area (Å²) in [5.41, 5.74) is 0.279. The fourth-order valence-electron chi connectivity index (χ4n) is 1.38. The van der Waals surface area contributed by atoms with Gasteiger partial charge in [-0.3, -0.25) is 0 Å². The first-order valence-electron chi connectivity index (χ1n) is 4.89. The molecule has 0 aromatic carbocycles. The minimum absolute atomic E-state index is 0.0796. The van der Waals surface area contributed by atoms with Crippen LogP contribution in [-0.4, -0.2) is 41.0 Å². The number of aliphatic hydroxyl groups is 2. The highest BCUT2D eigenvalue weighted by Gasteiger charge is 2.24. The summed E-state index contributed by atoms with van der Waals surface area (Å²) in [6, 6.07) is 1.53. The van der Waals surface area contributed by atoms with Crippen LogP contribution in [0.15, 0.2) is 11.4 Å². The molecule has 2 atom stereocenters. The summed E-state index contributed by atoms with van der Waals surface area (Å²) in [7, 11) is 1.74. The molecule has 0 saturated carbocycles. The largest absolute Gasteiger partial charge is 0.477 e. The molecule has 90 valence electrons. The molecule has 0 spiro atoms. The molecule has 0 aliphatic rings. The summed E-state index contributed by atoms with van der Waals surface area (Å²) in [5.74, 6) is -1.08. The molecule has 0 aliphatic carbocycles. The number of nitrogens with one attached hydrogen (secondary N) is 1. The fourth-order valence-corrected chi connectivity index (χ4v) is 2.16. The topological polar surface area (TPSA) is 89.8 Å². The number of carboxylic acids is 1. The summed E-state index contributed by atoms with van der Waals surface area (Å²) in [4.78, 5) is 10.9. The summed E-state index contributed by atoms with van der Waals surface area (Å²) in [6.45, 7) is 0.560. The first-order valence-corrected chi connectivity index (χ1v) is 5.77. The highest BCUT2D eigenvalue weighted by atomic mass is 32.1. The lowest BCUT2D eigenvalue weighted by atomic mass is 10.0. The second-order valence-corrected chi connectivity index (χ2v) is 4.33. The van der Waals surface area contributed by atoms with Gasteiger partial charge >= 0.3 is 5.97 Å². The molecule has 1 aromatic rings. The van der Waals surface area contributed by atoms with E-state index in [1.165, 1.54) is 6.07 Å². The molecule has 0 aliphatic heterocycles. The maximum absolute atomic E-state index is 10.8. The molecule has 5 nitrogen and oxygen atoms in total. The van der Waals surface area contributed by atoms with Gasteiger partial charge < -0.3 is 20.6 Å². The quantitative estimate of drug-likeness (QED) is 0.584. The van der Waals surface area contributed by atoms with Crippen molar-refractivity contribution in [3.05, 3.63) is 21.9 Å². The van der Waals surface area contributed by atoms with Crippen molar-refractivity contribution in [2.24, 2.45) is 0 Å². The van der Waals surface area contributed by atoms with Crippen LogP contribution in [0.2, 0.25) is 0 Å². The first-order chi connectivity index (χ1) is 7.57. The van der Waals surface area contributed by atoms with Crippen LogP contribution < -0.4 is 5.32 Å². The maximum atomic E-state index is 10.8. The standard InChI is InChI=1S/C10H15NO4S/c1-11-4-2-7(12)8(13)6-3-5-16-9(6)10(14)15/h3,5,7-8,11-13H,2,4H2,1H3,(H,14,15). The van der Waals surface area contributed by atoms with Gasteiger partial charge in [0.25, 0.3) is 0 Å². The maximum Gasteiger partial charge on any atom is 0.346 e. The lowest BCUT2D eigenvalue weighted by Gasteiger charge is -2.17. The Labute approximate surface area is 97.4 Å². The van der Waals surface area contributed by atoms with E-state index < -0.39 is 18.2 Å². The smallest absolute Gasteiger partial charge is 0.346 e. The molecule has 0 radical (unpaired) electrons. The molecule has 0 fully saturated rings. The number of thiophene rings is 1. The van der Waals surface area contributed by atoms with Gasteiger partial charge in [0, 0.05) is 5.56 Å². The molecule has 1 aromatic heterocycles. The van der Waals surface area contributed by atoms with Gasteiger partial charge in [-0.1, -0.05) is 0 Å². The number of hydrogen-bond acceptors (Lipinski definition) is 5. The first kappa shape index (κ1) is 13.1. The van der Waals surface area contributed by atoms with E-state index in [1.807, 2.05) is 0 Å². The summed E-state index contributed by atoms with van der Waals surface area (Å²) in [5, 5.41) is 32.8. The van der Waals surface area contributed by atoms with Gasteiger partial charge in [0.05, 0.1) is 6.10 Å². The molecule has 6 heteroatoms. The average molecular weight is 245 g/mol. The zero-order valence-electron chi connectivity index (χ0n) is 8.88. The predicted molar refractivity (Wildman–Crippen MR) is 60.8 cm³/mol. The normalized spacial score (nSPS) is 14.7. The van der Waals surface area contributed by atoms with Crippen LogP contribution in [0.1, 0.15) is 27.8 Å². The summed E-state index contributed by atoms with van der Waals surface area (Å²) < 4.78 is 0. The number of hydrogen-bond donors (Lipinski definition) is 4. The molecular formula is C10H15NO4S. The molecule has 1 rings (SSSR count). The van der Waals surface area contributed by atoms with E-state index in [9.17, 15) is 15.0 Å². The van der Waals surface area contributed by atoms with Crippen molar-refractivity contribution in [3.8, 4) is 0 Å². The molecule has 2 unspecified atom stereocenters. The Morgan fingerprint density at radius 2 is 2.25 bits per heavy atom. The zero-order chi connectivity index (χ0) is 12.1. The number of aliphatic hydroxyl groups excluding tert-OH is 2. The van der Waals surface area contributed by atoms with E-state index in [2.05, 4.69) is 5.32 Å². The van der Waals surface area contributed by atoms with E-state index in [0.717, 1.165) is 11.3 Å². The third kappa shape index (κ3) is 3.02. The summed E-state index contributed by atoms with van der Waals surface area (Å²) in [6.07, 6.45) is -1.74. The monoisotopic (exact) mass is 245 g/mol. The van der Waals surface area contributed by atoms with Gasteiger partial charge in [-0.25, -0.2) is 4.79 Å². The van der Waals surface area contributed by atoms with Crippen LogP contribution in [0.25, 0.3) is 0 Å². The second-order valence-electron chi connectivity index (χ2n) is 3.41. The SMILES string of the molecule is CNCCC(O)C(O)c1ccsc1C(=O)O. The molecule has 0 amide bonds. The Hall–Kier alpha value is -0.950. The Balaban J connectivity index is 2.75. The Morgan fingerprint density at radius 1 is 1.56 bits per heavy atom. The lowest BCUT2D eigenvalue weighted by molar-refractivity contribution is 0.0134. The van der Waals surface area contributed by atoms with E-state index in [1.54, 1.807) is 12.4 Å². The number of rotatable bonds is 6. The third-order valence-corrected chi connectivity index (χ3v) is 3.18. The van der Waals surface area contributed by atoms with Crippen LogP contribution in [-0.2, 0) is 0 Å². The molecule has 0 saturated heterocycles. The van der Waals surface area contributed by atoms with Crippen molar-refractivity contribution in [2.45, 2.75) is 18.6 Å². The Bertz CT molecular complexity index is 352. The molecular weight excluding hydrogens is 230 g/mol. The molecule has 1 heterocycles. The van der Waals surface area contributed by atoms with Gasteiger partial charge in [-0.15, -0.1) is 11.3 Å². The van der Waals surface area contributed by atoms with Crippen LogP contribution in [0.3, 0.4) is 0 Å². The zero-order valence-corrected chi connectivity index (χ0v) is 9.70. The van der Waals surface area contributed by atoms with E-state index in [0.29, 0.717) is 13.0 Å². The third-order valence-electron chi connectivity index (χ3n) is 2.26. The minimum atomic E-state index is -1.15. The highest BCUT2D eigenvalue weighted by molar-refractivity contribution is 7.12. The van der Waals surface area contributed by atoms with Crippen molar-refractivity contribution >= 4 is 17.3 Å². The van der Waals surface area contributed by atoms with Crippen LogP contribution in [0, 0.1) is 0 Å². The molecule has 16 heavy (non-hydrogen) atoms. The van der Waals surface area contributed by atoms with Crippen molar-refractivity contribution in [2.75, 3.05) is 13.6 Å². The van der Waals surface area contributed by atoms with Crippen LogP contribution in [0.5, 0.6) is 0 Å². The van der Waals surface area contributed by atoms with Crippen molar-refractivity contribution < 1.29 is 20.1 Å².